The van der Waals surface area contributed by atoms with E-state index >= 15 is 0 Å². The molecular weight excluding hydrogens is 594 g/mol. The molecule has 3 aromatic carbocycles. The molecule has 13 heteroatoms. The van der Waals surface area contributed by atoms with Crippen LogP contribution in [0.1, 0.15) is 66.1 Å². The average Bonchev–Trinajstić information content (AvgIpc) is 3.47. The monoisotopic (exact) mass is 629 g/mol. The summed E-state index contributed by atoms with van der Waals surface area (Å²) in [4.78, 5) is 38.3. The number of nitrogens with zero attached hydrogens (tertiary/aromatic N) is 4. The Balaban J connectivity index is 1.35. The standard InChI is InChI=1S/C33H35N5O8/c1-4-34-31(41)30-36-35-29(26-17-25(19(2)3)27(39)18-28(26)40)38(30)21-7-11-23(12-8-21)45-22-9-5-20(6-10-22)32(42)37-15-13-24(14-16-37)46-33(43)44/h5-12,17-19,24,39-40H,4,13-16H2,1-3H3,(H,34,41)(H,43,44). The summed E-state index contributed by atoms with van der Waals surface area (Å²) in [6.07, 6.45) is -0.812. The molecule has 1 fully saturated rings. The predicted octanol–water partition coefficient (Wildman–Crippen LogP) is 5.31. The Morgan fingerprint density at radius 2 is 1.57 bits per heavy atom. The third-order valence-corrected chi connectivity index (χ3v) is 7.64. The van der Waals surface area contributed by atoms with Crippen molar-refractivity contribution in [2.75, 3.05) is 19.6 Å². The first-order valence-corrected chi connectivity index (χ1v) is 14.9. The first kappa shape index (κ1) is 31.8. The van der Waals surface area contributed by atoms with Crippen LogP contribution in [-0.2, 0) is 4.74 Å². The number of nitrogens with one attached hydrogen (secondary N) is 1. The molecule has 0 radical (unpaired) electrons. The van der Waals surface area contributed by atoms with Crippen molar-refractivity contribution in [2.45, 2.75) is 45.6 Å². The van der Waals surface area contributed by atoms with Crippen LogP contribution in [0.15, 0.2) is 60.7 Å². The fraction of sp³-hybridized carbons (Fsp3) is 0.303. The number of aromatic nitrogens is 3. The predicted molar refractivity (Wildman–Crippen MR) is 167 cm³/mol. The number of piperidine rings is 1. The molecule has 13 nitrogen and oxygen atoms in total. The first-order chi connectivity index (χ1) is 22.0. The molecule has 1 aliphatic heterocycles. The molecule has 1 aromatic heterocycles. The largest absolute Gasteiger partial charge is 0.508 e. The van der Waals surface area contributed by atoms with E-state index in [0.717, 1.165) is 0 Å². The summed E-state index contributed by atoms with van der Waals surface area (Å²) >= 11 is 0. The summed E-state index contributed by atoms with van der Waals surface area (Å²) in [6.45, 7) is 6.80. The van der Waals surface area contributed by atoms with E-state index in [9.17, 15) is 24.6 Å². The van der Waals surface area contributed by atoms with Crippen LogP contribution in [0.2, 0.25) is 0 Å². The molecule has 0 unspecified atom stereocenters. The average molecular weight is 630 g/mol. The van der Waals surface area contributed by atoms with Crippen LogP contribution < -0.4 is 10.1 Å². The maximum atomic E-state index is 12.9. The SMILES string of the molecule is CCNC(=O)c1nnc(-c2cc(C(C)C)c(O)cc2O)n1-c1ccc(Oc2ccc(C(=O)N3CCC(OC(=O)O)CC3)cc2)cc1. The van der Waals surface area contributed by atoms with Gasteiger partial charge in [-0.25, -0.2) is 4.79 Å². The smallest absolute Gasteiger partial charge is 0.506 e. The first-order valence-electron chi connectivity index (χ1n) is 14.9. The van der Waals surface area contributed by atoms with Crippen LogP contribution in [0.25, 0.3) is 17.1 Å². The Bertz CT molecular complexity index is 1730. The second-order valence-corrected chi connectivity index (χ2v) is 11.1. The van der Waals surface area contributed by atoms with Crippen LogP contribution in [0.4, 0.5) is 4.79 Å². The van der Waals surface area contributed by atoms with Crippen LogP contribution in [0, 0.1) is 0 Å². The topological polar surface area (TPSA) is 176 Å². The van der Waals surface area contributed by atoms with Crippen molar-refractivity contribution in [3.05, 3.63) is 77.6 Å². The number of phenols is 2. The summed E-state index contributed by atoms with van der Waals surface area (Å²) in [5, 5.41) is 41.0. The molecular formula is C33H35N5O8. The van der Waals surface area contributed by atoms with Gasteiger partial charge in [-0.2, -0.15) is 0 Å². The molecule has 240 valence electrons. The molecule has 1 saturated heterocycles. The lowest BCUT2D eigenvalue weighted by atomic mass is 9.98. The number of benzene rings is 3. The molecule has 5 rings (SSSR count). The Hall–Kier alpha value is -5.59. The van der Waals surface area contributed by atoms with Gasteiger partial charge in [0.05, 0.1) is 5.56 Å². The Morgan fingerprint density at radius 1 is 0.935 bits per heavy atom. The summed E-state index contributed by atoms with van der Waals surface area (Å²) in [7, 11) is 0. The Labute approximate surface area is 265 Å². The minimum Gasteiger partial charge on any atom is -0.508 e. The lowest BCUT2D eigenvalue weighted by molar-refractivity contribution is 0.0199. The molecule has 0 spiro atoms. The normalized spacial score (nSPS) is 13.4. The third kappa shape index (κ3) is 6.88. The molecule has 46 heavy (non-hydrogen) atoms. The lowest BCUT2D eigenvalue weighted by Crippen LogP contribution is -2.41. The van der Waals surface area contributed by atoms with Crippen LogP contribution in [0.3, 0.4) is 0 Å². The molecule has 0 bridgehead atoms. The van der Waals surface area contributed by atoms with E-state index in [2.05, 4.69) is 15.5 Å². The van der Waals surface area contributed by atoms with Crippen molar-refractivity contribution < 1.29 is 39.2 Å². The van der Waals surface area contributed by atoms with Crippen LogP contribution in [-0.4, -0.2) is 78.7 Å². The quantitative estimate of drug-likeness (QED) is 0.178. The van der Waals surface area contributed by atoms with Crippen LogP contribution in [0.5, 0.6) is 23.0 Å². The van der Waals surface area contributed by atoms with Gasteiger partial charge in [-0.15, -0.1) is 10.2 Å². The van der Waals surface area contributed by atoms with Crippen molar-refractivity contribution in [3.8, 4) is 40.1 Å². The van der Waals surface area contributed by atoms with E-state index in [1.54, 1.807) is 66.4 Å². The number of aromatic hydroxyl groups is 2. The van der Waals surface area contributed by atoms with Gasteiger partial charge in [0.1, 0.15) is 29.1 Å². The summed E-state index contributed by atoms with van der Waals surface area (Å²) in [5.74, 6) is 0.327. The fourth-order valence-electron chi connectivity index (χ4n) is 5.29. The van der Waals surface area contributed by atoms with Gasteiger partial charge in [-0.1, -0.05) is 13.8 Å². The summed E-state index contributed by atoms with van der Waals surface area (Å²) in [6, 6.07) is 16.5. The minimum atomic E-state index is -1.31. The van der Waals surface area contributed by atoms with Gasteiger partial charge >= 0.3 is 6.16 Å². The van der Waals surface area contributed by atoms with Crippen molar-refractivity contribution >= 4 is 18.0 Å². The number of rotatable bonds is 9. The maximum Gasteiger partial charge on any atom is 0.506 e. The van der Waals surface area contributed by atoms with E-state index < -0.39 is 18.2 Å². The van der Waals surface area contributed by atoms with Crippen molar-refractivity contribution in [2.24, 2.45) is 0 Å². The highest BCUT2D eigenvalue weighted by Crippen LogP contribution is 2.38. The molecule has 1 aliphatic rings. The van der Waals surface area contributed by atoms with Gasteiger partial charge in [-0.05, 0) is 73.0 Å². The number of amides is 2. The molecule has 4 N–H and O–H groups in total. The zero-order valence-corrected chi connectivity index (χ0v) is 25.6. The van der Waals surface area contributed by atoms with E-state index in [0.29, 0.717) is 66.4 Å². The molecule has 4 aromatic rings. The van der Waals surface area contributed by atoms with Crippen molar-refractivity contribution in [1.29, 1.82) is 0 Å². The third-order valence-electron chi connectivity index (χ3n) is 7.64. The number of phenolic OH excluding ortho intramolecular Hbond substituents is 2. The van der Waals surface area contributed by atoms with E-state index in [1.165, 1.54) is 10.6 Å². The molecule has 0 atom stereocenters. The highest BCUT2D eigenvalue weighted by Gasteiger charge is 2.26. The van der Waals surface area contributed by atoms with Crippen molar-refractivity contribution in [1.82, 2.24) is 25.0 Å². The second-order valence-electron chi connectivity index (χ2n) is 11.1. The van der Waals surface area contributed by atoms with Gasteiger partial charge in [0.2, 0.25) is 5.82 Å². The number of carbonyl (C=O) groups excluding carboxylic acids is 2. The molecule has 0 saturated carbocycles. The Kier molecular flexibility index (Phi) is 9.40. The molecule has 2 amide bonds. The lowest BCUT2D eigenvalue weighted by Gasteiger charge is -2.31. The summed E-state index contributed by atoms with van der Waals surface area (Å²) in [5.41, 5.74) is 1.92. The number of hydrogen-bond acceptors (Lipinski definition) is 9. The van der Waals surface area contributed by atoms with Gasteiger partial charge in [0.25, 0.3) is 11.8 Å². The highest BCUT2D eigenvalue weighted by atomic mass is 16.7. The van der Waals surface area contributed by atoms with Gasteiger partial charge in [-0.3, -0.25) is 14.2 Å². The number of carbonyl (C=O) groups is 3. The number of hydrogen-bond donors (Lipinski definition) is 4. The van der Waals surface area contributed by atoms with E-state index in [-0.39, 0.29) is 35.0 Å². The number of likely N-dealkylation sites (tertiary alicyclic amines) is 1. The fourth-order valence-corrected chi connectivity index (χ4v) is 5.29. The van der Waals surface area contributed by atoms with Gasteiger partial charge in [0.15, 0.2) is 5.82 Å². The minimum absolute atomic E-state index is 0.0167. The van der Waals surface area contributed by atoms with Crippen LogP contribution >= 0.6 is 0 Å². The Morgan fingerprint density at radius 3 is 2.15 bits per heavy atom. The zero-order valence-electron chi connectivity index (χ0n) is 25.6. The number of carboxylic acid groups (broad SMARTS) is 1. The maximum absolute atomic E-state index is 12.9. The van der Waals surface area contributed by atoms with Gasteiger partial charge in [0, 0.05) is 49.8 Å². The second kappa shape index (κ2) is 13.6. The zero-order chi connectivity index (χ0) is 33.0. The van der Waals surface area contributed by atoms with Crippen molar-refractivity contribution in [3.63, 3.8) is 0 Å². The van der Waals surface area contributed by atoms with E-state index in [1.807, 2.05) is 13.8 Å². The van der Waals surface area contributed by atoms with Gasteiger partial charge < -0.3 is 35.0 Å². The molecule has 2 heterocycles. The highest BCUT2D eigenvalue weighted by molar-refractivity contribution is 5.94. The summed E-state index contributed by atoms with van der Waals surface area (Å²) < 4.78 is 12.3. The van der Waals surface area contributed by atoms with E-state index in [4.69, 9.17) is 14.6 Å². The molecule has 0 aliphatic carbocycles. The number of ether oxygens (including phenoxy) is 2.